The zero-order valence-corrected chi connectivity index (χ0v) is 20.8. The second kappa shape index (κ2) is 8.28. The average molecular weight is 509 g/mol. The van der Waals surface area contributed by atoms with Crippen LogP contribution in [0.15, 0.2) is 51.1 Å². The number of sulfonamides is 1. The highest BCUT2D eigenvalue weighted by Gasteiger charge is 2.46. The van der Waals surface area contributed by atoms with Gasteiger partial charge in [-0.25, -0.2) is 13.2 Å². The lowest BCUT2D eigenvalue weighted by Crippen LogP contribution is -2.41. The summed E-state index contributed by atoms with van der Waals surface area (Å²) >= 11 is 0. The Morgan fingerprint density at radius 1 is 1.14 bits per heavy atom. The topological polar surface area (TPSA) is 150 Å². The minimum atomic E-state index is -4.06. The number of hydrogen-bond donors (Lipinski definition) is 1. The van der Waals surface area contributed by atoms with Crippen LogP contribution in [0.2, 0.25) is 0 Å². The Labute approximate surface area is 206 Å². The Bertz CT molecular complexity index is 1780. The van der Waals surface area contributed by atoms with Crippen LogP contribution >= 0.6 is 0 Å². The highest BCUT2D eigenvalue weighted by Crippen LogP contribution is 2.36. The molecule has 1 saturated carbocycles. The van der Waals surface area contributed by atoms with Crippen LogP contribution in [0.3, 0.4) is 0 Å². The van der Waals surface area contributed by atoms with E-state index in [0.29, 0.717) is 23.9 Å². The third-order valence-corrected chi connectivity index (χ3v) is 7.85. The van der Waals surface area contributed by atoms with E-state index in [1.54, 1.807) is 35.9 Å². The zero-order chi connectivity index (χ0) is 25.8. The molecule has 0 atom stereocenters. The summed E-state index contributed by atoms with van der Waals surface area (Å²) in [5.41, 5.74) is 0.204. The summed E-state index contributed by atoms with van der Waals surface area (Å²) < 4.78 is 34.2. The van der Waals surface area contributed by atoms with Crippen molar-refractivity contribution >= 4 is 20.9 Å². The van der Waals surface area contributed by atoms with Gasteiger partial charge in [-0.1, -0.05) is 0 Å². The molecule has 1 aromatic carbocycles. The van der Waals surface area contributed by atoms with Crippen LogP contribution in [0.25, 0.3) is 10.9 Å². The monoisotopic (exact) mass is 508 g/mol. The lowest BCUT2D eigenvalue weighted by atomic mass is 10.2. The van der Waals surface area contributed by atoms with Crippen LogP contribution in [0.5, 0.6) is 0 Å². The summed E-state index contributed by atoms with van der Waals surface area (Å²) in [6.07, 6.45) is 4.12. The van der Waals surface area contributed by atoms with E-state index >= 15 is 0 Å². The van der Waals surface area contributed by atoms with Crippen molar-refractivity contribution in [1.29, 1.82) is 5.26 Å². The molecule has 186 valence electrons. The summed E-state index contributed by atoms with van der Waals surface area (Å²) in [5, 5.41) is 17.8. The molecule has 0 bridgehead atoms. The van der Waals surface area contributed by atoms with Crippen molar-refractivity contribution in [3.05, 3.63) is 74.4 Å². The van der Waals surface area contributed by atoms with Gasteiger partial charge in [0.05, 0.1) is 52.5 Å². The smallest absolute Gasteiger partial charge is 0.287 e. The largest absolute Gasteiger partial charge is 0.332 e. The Kier molecular flexibility index (Phi) is 5.46. The summed E-state index contributed by atoms with van der Waals surface area (Å²) in [5.74, 6) is 0. The van der Waals surface area contributed by atoms with Gasteiger partial charge in [-0.05, 0) is 44.0 Å². The molecule has 13 heteroatoms. The zero-order valence-electron chi connectivity index (χ0n) is 20.0. The van der Waals surface area contributed by atoms with E-state index in [1.165, 1.54) is 22.8 Å². The van der Waals surface area contributed by atoms with E-state index in [0.717, 1.165) is 16.0 Å². The van der Waals surface area contributed by atoms with Crippen molar-refractivity contribution in [3.8, 4) is 6.07 Å². The predicted octanol–water partition coefficient (Wildman–Crippen LogP) is 0.370. The second-order valence-electron chi connectivity index (χ2n) is 9.16. The van der Waals surface area contributed by atoms with Gasteiger partial charge in [0.2, 0.25) is 10.0 Å². The van der Waals surface area contributed by atoms with Crippen LogP contribution in [0, 0.1) is 18.3 Å². The van der Waals surface area contributed by atoms with E-state index < -0.39 is 26.8 Å². The molecule has 36 heavy (non-hydrogen) atoms. The number of aryl methyl sites for hydroxylation is 3. The van der Waals surface area contributed by atoms with Crippen molar-refractivity contribution in [3.63, 3.8) is 0 Å². The fourth-order valence-corrected chi connectivity index (χ4v) is 5.65. The van der Waals surface area contributed by atoms with E-state index in [9.17, 15) is 23.3 Å². The van der Waals surface area contributed by atoms with E-state index in [2.05, 4.69) is 14.9 Å². The Morgan fingerprint density at radius 2 is 1.89 bits per heavy atom. The summed E-state index contributed by atoms with van der Waals surface area (Å²) in [6, 6.07) is 7.90. The summed E-state index contributed by atoms with van der Waals surface area (Å²) in [4.78, 5) is 26.9. The van der Waals surface area contributed by atoms with Crippen LogP contribution in [0.4, 0.5) is 0 Å². The number of rotatable bonds is 7. The number of fused-ring (bicyclic) bond motifs is 1. The highest BCUT2D eigenvalue weighted by molar-refractivity contribution is 7.89. The van der Waals surface area contributed by atoms with Gasteiger partial charge >= 0.3 is 5.69 Å². The van der Waals surface area contributed by atoms with Gasteiger partial charge < -0.3 is 0 Å². The standard InChI is InChI=1S/C23H24N8O4S/c1-15-8-17(29(3)26-15)13-30-20-5-4-18(36(34,35)27-23(14-24)6-7-23)9-19(20)21(32)31(22(30)33)12-16-10-25-28(2)11-16/h4-5,8-11,27H,6-7,12-13H2,1-3H3. The Hall–Kier alpha value is -4.02. The molecule has 0 spiro atoms. The number of nitrogens with zero attached hydrogens (tertiary/aromatic N) is 7. The molecule has 1 N–H and O–H groups in total. The lowest BCUT2D eigenvalue weighted by molar-refractivity contribution is 0.571. The third-order valence-electron chi connectivity index (χ3n) is 6.32. The molecule has 0 aliphatic heterocycles. The van der Waals surface area contributed by atoms with E-state index in [-0.39, 0.29) is 23.4 Å². The average Bonchev–Trinajstić information content (AvgIpc) is 3.35. The molecule has 1 aliphatic carbocycles. The molecular weight excluding hydrogens is 484 g/mol. The Balaban J connectivity index is 1.70. The first kappa shape index (κ1) is 23.7. The van der Waals surface area contributed by atoms with Gasteiger partial charge in [0.15, 0.2) is 0 Å². The van der Waals surface area contributed by atoms with Gasteiger partial charge in [-0.3, -0.25) is 23.3 Å². The van der Waals surface area contributed by atoms with Crippen molar-refractivity contribution in [2.75, 3.05) is 0 Å². The highest BCUT2D eigenvalue weighted by atomic mass is 32.2. The first-order chi connectivity index (χ1) is 17.0. The SMILES string of the molecule is Cc1cc(Cn2c(=O)n(Cc3cnn(C)c3)c(=O)c3cc(S(=O)(=O)NC4(C#N)CC4)ccc32)n(C)n1. The molecule has 1 aliphatic rings. The quantitative estimate of drug-likeness (QED) is 0.379. The molecule has 0 saturated heterocycles. The number of nitriles is 1. The van der Waals surface area contributed by atoms with E-state index in [4.69, 9.17) is 0 Å². The summed E-state index contributed by atoms with van der Waals surface area (Å²) in [6.45, 7) is 1.94. The minimum absolute atomic E-state index is 0.0291. The maximum atomic E-state index is 13.6. The first-order valence-electron chi connectivity index (χ1n) is 11.2. The molecule has 3 heterocycles. The molecule has 5 rings (SSSR count). The maximum Gasteiger partial charge on any atom is 0.332 e. The lowest BCUT2D eigenvalue weighted by Gasteiger charge is -2.15. The molecule has 0 radical (unpaired) electrons. The molecule has 1 fully saturated rings. The maximum absolute atomic E-state index is 13.6. The van der Waals surface area contributed by atoms with E-state index in [1.807, 2.05) is 19.1 Å². The van der Waals surface area contributed by atoms with Crippen LogP contribution in [-0.2, 0) is 37.2 Å². The molecule has 3 aromatic heterocycles. The number of hydrogen-bond acceptors (Lipinski definition) is 7. The van der Waals surface area contributed by atoms with Gasteiger partial charge in [0, 0.05) is 25.9 Å². The molecule has 4 aromatic rings. The predicted molar refractivity (Wildman–Crippen MR) is 130 cm³/mol. The van der Waals surface area contributed by atoms with Gasteiger partial charge in [-0.2, -0.15) is 20.2 Å². The molecule has 12 nitrogen and oxygen atoms in total. The second-order valence-corrected chi connectivity index (χ2v) is 10.8. The van der Waals surface area contributed by atoms with Crippen molar-refractivity contribution in [1.82, 2.24) is 33.4 Å². The van der Waals surface area contributed by atoms with Crippen molar-refractivity contribution in [2.24, 2.45) is 14.1 Å². The van der Waals surface area contributed by atoms with Crippen LogP contribution in [-0.4, -0.2) is 42.7 Å². The minimum Gasteiger partial charge on any atom is -0.287 e. The molecular formula is C23H24N8O4S. The van der Waals surface area contributed by atoms with Gasteiger partial charge in [-0.15, -0.1) is 0 Å². The van der Waals surface area contributed by atoms with Crippen LogP contribution in [0.1, 0.15) is 29.8 Å². The van der Waals surface area contributed by atoms with Gasteiger partial charge in [0.25, 0.3) is 5.56 Å². The fraction of sp³-hybridized carbons (Fsp3) is 0.348. The third kappa shape index (κ3) is 4.14. The van der Waals surface area contributed by atoms with Crippen LogP contribution < -0.4 is 16.0 Å². The normalized spacial score (nSPS) is 14.7. The van der Waals surface area contributed by atoms with Gasteiger partial charge in [0.1, 0.15) is 5.54 Å². The van der Waals surface area contributed by atoms with Crippen molar-refractivity contribution in [2.45, 2.75) is 43.3 Å². The first-order valence-corrected chi connectivity index (χ1v) is 12.7. The summed E-state index contributed by atoms with van der Waals surface area (Å²) in [7, 11) is -0.571. The molecule has 0 unspecified atom stereocenters. The fourth-order valence-electron chi connectivity index (χ4n) is 4.25. The Morgan fingerprint density at radius 3 is 2.47 bits per heavy atom. The molecule has 0 amide bonds. The van der Waals surface area contributed by atoms with Crippen molar-refractivity contribution < 1.29 is 8.42 Å². The number of nitrogens with one attached hydrogen (secondary N) is 1. The number of aromatic nitrogens is 6. The number of benzene rings is 1.